The molecule has 3 aliphatic carbocycles. The maximum absolute atomic E-state index is 13.8. The van der Waals surface area contributed by atoms with E-state index in [2.05, 4.69) is 6.08 Å². The van der Waals surface area contributed by atoms with Crippen LogP contribution in [-0.2, 0) is 9.53 Å². The summed E-state index contributed by atoms with van der Waals surface area (Å²) < 4.78 is 25.3. The van der Waals surface area contributed by atoms with Gasteiger partial charge >= 0.3 is 5.97 Å². The number of ether oxygens (including phenoxy) is 2. The molecule has 0 radical (unpaired) electrons. The number of carbonyl (C=O) groups excluding carboxylic acids is 2. The van der Waals surface area contributed by atoms with Gasteiger partial charge in [0.2, 0.25) is 0 Å². The Morgan fingerprint density at radius 3 is 2.83 bits per heavy atom. The molecule has 1 saturated carbocycles. The standard InChI is InChI=1S/C24H27FO5/c1-4-29-22(28)17-11-24-19(26)12-23(17,9-5-6-14(2)3)13-20(24)30-18-8-7-15(25)10-16(18)21(24)27/h6-8,10-11,19-20,26H,4-5,9,12-13H2,1-3H3/t19-,20-,23+,24+/m0/s1. The first kappa shape index (κ1) is 20.8. The summed E-state index contributed by atoms with van der Waals surface area (Å²) in [5.74, 6) is -1.09. The Morgan fingerprint density at radius 1 is 1.37 bits per heavy atom. The molecule has 1 fully saturated rings. The fourth-order valence-corrected chi connectivity index (χ4v) is 5.29. The lowest BCUT2D eigenvalue weighted by molar-refractivity contribution is -0.145. The van der Waals surface area contributed by atoms with Gasteiger partial charge in [0, 0.05) is 11.0 Å². The van der Waals surface area contributed by atoms with Gasteiger partial charge < -0.3 is 14.6 Å². The van der Waals surface area contributed by atoms with Gasteiger partial charge in [-0.1, -0.05) is 17.7 Å². The van der Waals surface area contributed by atoms with E-state index in [1.165, 1.54) is 17.7 Å². The van der Waals surface area contributed by atoms with E-state index in [4.69, 9.17) is 9.47 Å². The molecule has 6 heteroatoms. The Kier molecular flexibility index (Phi) is 5.09. The molecule has 5 nitrogen and oxygen atoms in total. The van der Waals surface area contributed by atoms with Crippen LogP contribution in [0.5, 0.6) is 5.75 Å². The number of allylic oxidation sites excluding steroid dienone is 2. The van der Waals surface area contributed by atoms with E-state index in [1.54, 1.807) is 13.0 Å². The van der Waals surface area contributed by atoms with Crippen LogP contribution < -0.4 is 4.74 Å². The van der Waals surface area contributed by atoms with Crippen LogP contribution in [0.25, 0.3) is 0 Å². The van der Waals surface area contributed by atoms with E-state index in [9.17, 15) is 19.1 Å². The largest absolute Gasteiger partial charge is 0.488 e. The molecule has 0 amide bonds. The average molecular weight is 414 g/mol. The molecular formula is C24H27FO5. The van der Waals surface area contributed by atoms with Crippen molar-refractivity contribution in [2.45, 2.75) is 58.7 Å². The third kappa shape index (κ3) is 3.00. The second-order valence-corrected chi connectivity index (χ2v) is 8.81. The van der Waals surface area contributed by atoms with Crippen molar-refractivity contribution < 1.29 is 28.6 Å². The zero-order valence-electron chi connectivity index (χ0n) is 17.5. The molecule has 0 saturated heterocycles. The van der Waals surface area contributed by atoms with E-state index < -0.39 is 40.6 Å². The van der Waals surface area contributed by atoms with Crippen molar-refractivity contribution in [3.05, 3.63) is 52.9 Å². The SMILES string of the molecule is CCOC(=O)C1=C[C@]23C(=O)c4cc(F)ccc4O[C@H]2C[C@@]1(CCC=C(C)C)C[C@@H]3O. The summed E-state index contributed by atoms with van der Waals surface area (Å²) in [4.78, 5) is 26.4. The van der Waals surface area contributed by atoms with Crippen LogP contribution in [0.2, 0.25) is 0 Å². The Morgan fingerprint density at radius 2 is 2.13 bits per heavy atom. The molecule has 1 aromatic rings. The molecular weight excluding hydrogens is 387 g/mol. The molecule has 0 aromatic heterocycles. The highest BCUT2D eigenvalue weighted by Crippen LogP contribution is 2.61. The molecule has 30 heavy (non-hydrogen) atoms. The van der Waals surface area contributed by atoms with Crippen molar-refractivity contribution in [2.75, 3.05) is 6.61 Å². The second-order valence-electron chi connectivity index (χ2n) is 8.81. The summed E-state index contributed by atoms with van der Waals surface area (Å²) in [6, 6.07) is 3.85. The number of esters is 1. The van der Waals surface area contributed by atoms with Crippen LogP contribution in [0.15, 0.2) is 41.5 Å². The Bertz CT molecular complexity index is 960. The number of aliphatic hydroxyl groups excluding tert-OH is 1. The average Bonchev–Trinajstić information content (AvgIpc) is 2.68. The minimum atomic E-state index is -1.40. The number of hydrogen-bond donors (Lipinski definition) is 1. The molecule has 2 bridgehead atoms. The molecule has 1 aliphatic heterocycles. The Hall–Kier alpha value is -2.47. The summed E-state index contributed by atoms with van der Waals surface area (Å²) in [6.07, 6.45) is 4.11. The summed E-state index contributed by atoms with van der Waals surface area (Å²) in [6.45, 7) is 5.98. The number of ketones is 1. The maximum Gasteiger partial charge on any atom is 0.334 e. The number of hydrogen-bond acceptors (Lipinski definition) is 5. The van der Waals surface area contributed by atoms with Crippen LogP contribution in [-0.4, -0.2) is 35.7 Å². The minimum absolute atomic E-state index is 0.101. The number of carbonyl (C=O) groups is 2. The molecule has 4 aliphatic rings. The summed E-state index contributed by atoms with van der Waals surface area (Å²) >= 11 is 0. The van der Waals surface area contributed by atoms with Crippen LogP contribution in [0.3, 0.4) is 0 Å². The van der Waals surface area contributed by atoms with Gasteiger partial charge in [0.05, 0.1) is 18.3 Å². The molecule has 1 aromatic carbocycles. The lowest BCUT2D eigenvalue weighted by Gasteiger charge is -2.58. The van der Waals surface area contributed by atoms with Crippen LogP contribution in [0, 0.1) is 16.6 Å². The van der Waals surface area contributed by atoms with Gasteiger partial charge in [0.1, 0.15) is 23.1 Å². The first-order valence-corrected chi connectivity index (χ1v) is 10.5. The van der Waals surface area contributed by atoms with Crippen LogP contribution in [0.4, 0.5) is 4.39 Å². The van der Waals surface area contributed by atoms with Gasteiger partial charge in [-0.25, -0.2) is 9.18 Å². The van der Waals surface area contributed by atoms with Crippen molar-refractivity contribution >= 4 is 11.8 Å². The summed E-state index contributed by atoms with van der Waals surface area (Å²) in [5.41, 5.74) is -0.327. The fourth-order valence-electron chi connectivity index (χ4n) is 5.29. The highest BCUT2D eigenvalue weighted by molar-refractivity contribution is 6.07. The van der Waals surface area contributed by atoms with Gasteiger partial charge in [-0.2, -0.15) is 0 Å². The molecule has 160 valence electrons. The summed E-state index contributed by atoms with van der Waals surface area (Å²) in [7, 11) is 0. The number of benzene rings is 1. The molecule has 0 unspecified atom stereocenters. The first-order chi connectivity index (χ1) is 14.2. The van der Waals surface area contributed by atoms with Crippen LogP contribution in [0.1, 0.15) is 56.8 Å². The monoisotopic (exact) mass is 414 g/mol. The highest BCUT2D eigenvalue weighted by Gasteiger charge is 2.66. The van der Waals surface area contributed by atoms with E-state index >= 15 is 0 Å². The van der Waals surface area contributed by atoms with Gasteiger partial charge in [0.25, 0.3) is 0 Å². The van der Waals surface area contributed by atoms with Gasteiger partial charge in [-0.3, -0.25) is 4.79 Å². The van der Waals surface area contributed by atoms with E-state index in [-0.39, 0.29) is 18.6 Å². The number of halogens is 1. The normalized spacial score (nSPS) is 31.2. The third-order valence-electron chi connectivity index (χ3n) is 6.72. The van der Waals surface area contributed by atoms with Crippen molar-refractivity contribution in [3.63, 3.8) is 0 Å². The van der Waals surface area contributed by atoms with Crippen molar-refractivity contribution in [1.29, 1.82) is 0 Å². The Labute approximate surface area is 175 Å². The van der Waals surface area contributed by atoms with E-state index in [0.717, 1.165) is 12.5 Å². The summed E-state index contributed by atoms with van der Waals surface area (Å²) in [5, 5.41) is 11.1. The zero-order valence-corrected chi connectivity index (χ0v) is 17.5. The number of fused-ring (bicyclic) bond motifs is 2. The number of rotatable bonds is 5. The molecule has 5 rings (SSSR count). The van der Waals surface area contributed by atoms with Crippen molar-refractivity contribution in [3.8, 4) is 5.75 Å². The maximum atomic E-state index is 13.8. The number of aliphatic hydroxyl groups is 1. The molecule has 1 heterocycles. The molecule has 4 atom stereocenters. The van der Waals surface area contributed by atoms with E-state index in [1.807, 2.05) is 13.8 Å². The minimum Gasteiger partial charge on any atom is -0.488 e. The number of Topliss-reactive ketones (excluding diaryl/α,β-unsaturated/α-hetero) is 1. The second kappa shape index (κ2) is 7.34. The van der Waals surface area contributed by atoms with Crippen LogP contribution >= 0.6 is 0 Å². The van der Waals surface area contributed by atoms with Crippen molar-refractivity contribution in [1.82, 2.24) is 0 Å². The predicted octanol–water partition coefficient (Wildman–Crippen LogP) is 4.15. The van der Waals surface area contributed by atoms with Gasteiger partial charge in [-0.05, 0) is 64.7 Å². The Balaban J connectivity index is 1.84. The third-order valence-corrected chi connectivity index (χ3v) is 6.72. The van der Waals surface area contributed by atoms with E-state index in [0.29, 0.717) is 24.2 Å². The fraction of sp³-hybridized carbons (Fsp3) is 0.500. The topological polar surface area (TPSA) is 72.8 Å². The quantitative estimate of drug-likeness (QED) is 0.579. The zero-order chi connectivity index (χ0) is 21.7. The smallest absolute Gasteiger partial charge is 0.334 e. The molecule has 1 N–H and O–H groups in total. The van der Waals surface area contributed by atoms with Gasteiger partial charge in [0.15, 0.2) is 5.78 Å². The predicted molar refractivity (Wildman–Crippen MR) is 109 cm³/mol. The lowest BCUT2D eigenvalue weighted by atomic mass is 9.48. The lowest BCUT2D eigenvalue weighted by Crippen LogP contribution is -2.65. The highest BCUT2D eigenvalue weighted by atomic mass is 19.1. The first-order valence-electron chi connectivity index (χ1n) is 10.5. The van der Waals surface area contributed by atoms with Crippen molar-refractivity contribution in [2.24, 2.45) is 10.8 Å². The molecule has 1 spiro atoms. The van der Waals surface area contributed by atoms with Gasteiger partial charge in [-0.15, -0.1) is 0 Å².